The first-order valence-corrected chi connectivity index (χ1v) is 12.2. The van der Waals surface area contributed by atoms with Crippen LogP contribution in [0.4, 0.5) is 10.1 Å². The van der Waals surface area contributed by atoms with Crippen LogP contribution in [0.2, 0.25) is 0 Å². The number of halogens is 1. The fourth-order valence-electron chi connectivity index (χ4n) is 3.57. The molecule has 4 rings (SSSR count). The van der Waals surface area contributed by atoms with E-state index in [2.05, 4.69) is 4.98 Å². The summed E-state index contributed by atoms with van der Waals surface area (Å²) in [6.07, 6.45) is 3.92. The van der Waals surface area contributed by atoms with Crippen LogP contribution in [-0.2, 0) is 16.4 Å². The van der Waals surface area contributed by atoms with Gasteiger partial charge < -0.3 is 4.90 Å². The van der Waals surface area contributed by atoms with Crippen LogP contribution in [0.5, 0.6) is 0 Å². The number of nitrogens with zero attached hydrogens (tertiary/aromatic N) is 4. The number of imidazole rings is 1. The van der Waals surface area contributed by atoms with Gasteiger partial charge in [-0.3, -0.25) is 9.36 Å². The average Bonchev–Trinajstić information content (AvgIpc) is 3.37. The van der Waals surface area contributed by atoms with Gasteiger partial charge in [0.05, 0.1) is 11.1 Å². The summed E-state index contributed by atoms with van der Waals surface area (Å²) in [6.45, 7) is 0.433. The second-order valence-corrected chi connectivity index (χ2v) is 10.2. The van der Waals surface area contributed by atoms with Crippen LogP contribution >= 0.6 is 11.8 Å². The summed E-state index contributed by atoms with van der Waals surface area (Å²) in [5, 5.41) is 0.613. The summed E-state index contributed by atoms with van der Waals surface area (Å²) in [7, 11) is -0.583. The van der Waals surface area contributed by atoms with E-state index in [4.69, 9.17) is 0 Å². The van der Waals surface area contributed by atoms with Crippen LogP contribution in [-0.4, -0.2) is 55.1 Å². The standard InChI is InChI=1S/C21H21FN4O3S2/c1-24(2)31(28,29)17-8-9-18-14(12-17)10-11-25(18)20(27)19-13-23-21(30-3)26(19)16-6-4-15(22)5-7-16/h4-9,12-13H,10-11H2,1-3H3. The Morgan fingerprint density at radius 1 is 1.16 bits per heavy atom. The first-order valence-electron chi connectivity index (χ1n) is 9.49. The third-order valence-corrected chi connectivity index (χ3v) is 7.65. The highest BCUT2D eigenvalue weighted by atomic mass is 32.2. The molecule has 0 fully saturated rings. The highest BCUT2D eigenvalue weighted by molar-refractivity contribution is 7.98. The number of aromatic nitrogens is 2. The van der Waals surface area contributed by atoms with Gasteiger partial charge in [0.15, 0.2) is 5.16 Å². The van der Waals surface area contributed by atoms with Gasteiger partial charge in [-0.1, -0.05) is 11.8 Å². The van der Waals surface area contributed by atoms with Gasteiger partial charge >= 0.3 is 0 Å². The maximum atomic E-state index is 13.4. The molecule has 3 aromatic rings. The van der Waals surface area contributed by atoms with Crippen molar-refractivity contribution in [2.45, 2.75) is 16.5 Å². The largest absolute Gasteiger partial charge is 0.306 e. The van der Waals surface area contributed by atoms with Crippen LogP contribution in [0.25, 0.3) is 5.69 Å². The predicted octanol–water partition coefficient (Wildman–Crippen LogP) is 3.19. The maximum Gasteiger partial charge on any atom is 0.276 e. The molecule has 31 heavy (non-hydrogen) atoms. The molecule has 0 atom stereocenters. The normalized spacial score (nSPS) is 13.6. The molecule has 1 aromatic heterocycles. The molecule has 0 bridgehead atoms. The second kappa shape index (κ2) is 8.10. The van der Waals surface area contributed by atoms with Gasteiger partial charge in [-0.2, -0.15) is 0 Å². The van der Waals surface area contributed by atoms with Crippen LogP contribution in [0.1, 0.15) is 16.1 Å². The molecule has 2 heterocycles. The van der Waals surface area contributed by atoms with E-state index >= 15 is 0 Å². The Morgan fingerprint density at radius 3 is 2.52 bits per heavy atom. The Balaban J connectivity index is 1.72. The lowest BCUT2D eigenvalue weighted by Crippen LogP contribution is -2.30. The zero-order valence-electron chi connectivity index (χ0n) is 17.2. The third kappa shape index (κ3) is 3.75. The highest BCUT2D eigenvalue weighted by Gasteiger charge is 2.30. The van der Waals surface area contributed by atoms with Gasteiger partial charge in [0, 0.05) is 32.0 Å². The number of amides is 1. The van der Waals surface area contributed by atoms with Gasteiger partial charge in [0.25, 0.3) is 5.91 Å². The first kappa shape index (κ1) is 21.5. The van der Waals surface area contributed by atoms with E-state index in [0.717, 1.165) is 9.87 Å². The Kier molecular flexibility index (Phi) is 5.63. The summed E-state index contributed by atoms with van der Waals surface area (Å²) in [5.41, 5.74) is 2.47. The molecular formula is C21H21FN4O3S2. The lowest BCUT2D eigenvalue weighted by atomic mass is 10.2. The van der Waals surface area contributed by atoms with Crippen molar-refractivity contribution in [1.82, 2.24) is 13.9 Å². The number of sulfonamides is 1. The van der Waals surface area contributed by atoms with Crippen LogP contribution in [0.3, 0.4) is 0 Å². The fourth-order valence-corrected chi connectivity index (χ4v) is 5.07. The molecule has 0 aliphatic carbocycles. The molecule has 1 aliphatic rings. The molecule has 0 saturated carbocycles. The molecule has 7 nitrogen and oxygen atoms in total. The van der Waals surface area contributed by atoms with Crippen molar-refractivity contribution in [3.05, 3.63) is 65.7 Å². The van der Waals surface area contributed by atoms with Gasteiger partial charge in [-0.25, -0.2) is 22.1 Å². The molecule has 0 radical (unpaired) electrons. The summed E-state index contributed by atoms with van der Waals surface area (Å²) in [6, 6.07) is 10.7. The van der Waals surface area contributed by atoms with Gasteiger partial charge in [0.2, 0.25) is 10.0 Å². The van der Waals surface area contributed by atoms with Crippen molar-refractivity contribution in [2.24, 2.45) is 0 Å². The Bertz CT molecular complexity index is 1250. The minimum absolute atomic E-state index is 0.201. The van der Waals surface area contributed by atoms with Gasteiger partial charge in [-0.05, 0) is 60.7 Å². The molecule has 2 aromatic carbocycles. The van der Waals surface area contributed by atoms with E-state index in [1.807, 2.05) is 6.26 Å². The van der Waals surface area contributed by atoms with Gasteiger partial charge in [-0.15, -0.1) is 0 Å². The van der Waals surface area contributed by atoms with Crippen LogP contribution < -0.4 is 4.90 Å². The van der Waals surface area contributed by atoms with Crippen molar-refractivity contribution in [2.75, 3.05) is 31.8 Å². The minimum Gasteiger partial charge on any atom is -0.306 e. The quantitative estimate of drug-likeness (QED) is 0.547. The lowest BCUT2D eigenvalue weighted by molar-refractivity contribution is 0.0982. The summed E-state index contributed by atoms with van der Waals surface area (Å²) in [5.74, 6) is -0.613. The Labute approximate surface area is 184 Å². The first-order chi connectivity index (χ1) is 14.7. The number of anilines is 1. The van der Waals surface area contributed by atoms with Crippen molar-refractivity contribution in [3.63, 3.8) is 0 Å². The monoisotopic (exact) mass is 460 g/mol. The Hall–Kier alpha value is -2.69. The topological polar surface area (TPSA) is 75.5 Å². The molecule has 1 amide bonds. The zero-order valence-corrected chi connectivity index (χ0v) is 18.9. The van der Waals surface area contributed by atoms with Crippen molar-refractivity contribution in [1.29, 1.82) is 0 Å². The number of thioether (sulfide) groups is 1. The van der Waals surface area contributed by atoms with E-state index in [0.29, 0.717) is 35.2 Å². The highest BCUT2D eigenvalue weighted by Crippen LogP contribution is 2.33. The molecule has 1 aliphatic heterocycles. The third-order valence-electron chi connectivity index (χ3n) is 5.19. The van der Waals surface area contributed by atoms with Crippen molar-refractivity contribution < 1.29 is 17.6 Å². The smallest absolute Gasteiger partial charge is 0.276 e. The van der Waals surface area contributed by atoms with E-state index < -0.39 is 10.0 Å². The van der Waals surface area contributed by atoms with Crippen LogP contribution in [0, 0.1) is 5.82 Å². The molecule has 162 valence electrons. The summed E-state index contributed by atoms with van der Waals surface area (Å²) in [4.78, 5) is 19.6. The zero-order chi connectivity index (χ0) is 22.3. The SMILES string of the molecule is CSc1ncc(C(=O)N2CCc3cc(S(=O)(=O)N(C)C)ccc32)n1-c1ccc(F)cc1. The van der Waals surface area contributed by atoms with E-state index in [9.17, 15) is 17.6 Å². The molecular weight excluding hydrogens is 439 g/mol. The average molecular weight is 461 g/mol. The van der Waals surface area contributed by atoms with Gasteiger partial charge in [0.1, 0.15) is 11.5 Å². The van der Waals surface area contributed by atoms with E-state index in [-0.39, 0.29) is 16.6 Å². The number of hydrogen-bond donors (Lipinski definition) is 0. The lowest BCUT2D eigenvalue weighted by Gasteiger charge is -2.19. The number of carbonyl (C=O) groups excluding carboxylic acids is 1. The van der Waals surface area contributed by atoms with Crippen molar-refractivity contribution in [3.8, 4) is 5.69 Å². The number of rotatable bonds is 5. The number of carbonyl (C=O) groups is 1. The summed E-state index contributed by atoms with van der Waals surface area (Å²) >= 11 is 1.38. The van der Waals surface area contributed by atoms with E-state index in [1.54, 1.807) is 33.7 Å². The maximum absolute atomic E-state index is 13.4. The van der Waals surface area contributed by atoms with Crippen LogP contribution in [0.15, 0.2) is 58.7 Å². The Morgan fingerprint density at radius 2 is 1.87 bits per heavy atom. The molecule has 0 unspecified atom stereocenters. The minimum atomic E-state index is -3.55. The number of benzene rings is 2. The predicted molar refractivity (Wildman–Crippen MR) is 118 cm³/mol. The molecule has 0 spiro atoms. The van der Waals surface area contributed by atoms with E-state index in [1.165, 1.54) is 50.3 Å². The second-order valence-electron chi connectivity index (χ2n) is 7.23. The molecule has 10 heteroatoms. The van der Waals surface area contributed by atoms with Crippen molar-refractivity contribution >= 4 is 33.4 Å². The number of hydrogen-bond acceptors (Lipinski definition) is 5. The number of fused-ring (bicyclic) bond motifs is 1. The fraction of sp³-hybridized carbons (Fsp3) is 0.238. The summed E-state index contributed by atoms with van der Waals surface area (Å²) < 4.78 is 41.1. The molecule has 0 N–H and O–H groups in total. The molecule has 0 saturated heterocycles.